The highest BCUT2D eigenvalue weighted by molar-refractivity contribution is 5.92. The van der Waals surface area contributed by atoms with Crippen LogP contribution < -0.4 is 4.74 Å². The molecule has 2 N–H and O–H groups in total. The molecule has 2 aliphatic rings. The van der Waals surface area contributed by atoms with Crippen LogP contribution in [0.25, 0.3) is 0 Å². The summed E-state index contributed by atoms with van der Waals surface area (Å²) in [6.07, 6.45) is 3.68. The van der Waals surface area contributed by atoms with Crippen molar-refractivity contribution in [1.82, 2.24) is 9.80 Å². The number of para-hydroxylation sites is 1. The smallest absolute Gasteiger partial charge is 0.341 e. The van der Waals surface area contributed by atoms with Gasteiger partial charge < -0.3 is 24.7 Å². The zero-order valence-corrected chi connectivity index (χ0v) is 22.9. The number of amides is 1. The molecule has 2 aliphatic heterocycles. The lowest BCUT2D eigenvalue weighted by Gasteiger charge is -2.42. The molecular weight excluding hydrogens is 504 g/mol. The Balaban J connectivity index is 1.37. The topological polar surface area (TPSA) is 90.3 Å². The molecule has 2 saturated heterocycles. The van der Waals surface area contributed by atoms with Gasteiger partial charge in [0.25, 0.3) is 0 Å². The lowest BCUT2D eigenvalue weighted by Crippen LogP contribution is -2.50. The van der Waals surface area contributed by atoms with E-state index in [2.05, 4.69) is 29.2 Å². The van der Waals surface area contributed by atoms with Crippen molar-refractivity contribution in [2.45, 2.75) is 43.1 Å². The summed E-state index contributed by atoms with van der Waals surface area (Å²) < 4.78 is 5.49. The number of aliphatic hydroxyl groups is 1. The van der Waals surface area contributed by atoms with E-state index in [4.69, 9.17) is 9.84 Å². The van der Waals surface area contributed by atoms with E-state index in [0.717, 1.165) is 37.1 Å². The molecular formula is C33H38N2O5. The van der Waals surface area contributed by atoms with Crippen LogP contribution in [-0.4, -0.2) is 71.2 Å². The van der Waals surface area contributed by atoms with Crippen LogP contribution in [-0.2, 0) is 20.6 Å². The van der Waals surface area contributed by atoms with Crippen LogP contribution in [0, 0.1) is 0 Å². The molecule has 210 valence electrons. The minimum absolute atomic E-state index is 0.167. The maximum atomic E-state index is 14.4. The number of likely N-dealkylation sites (tertiary alicyclic amines) is 2. The number of piperidine rings is 1. The number of rotatable bonds is 10. The number of nitrogens with zero attached hydrogens (tertiary/aromatic N) is 2. The average Bonchev–Trinajstić information content (AvgIpc) is 3.54. The number of carbonyl (C=O) groups excluding carboxylic acids is 1. The number of carboxylic acids is 1. The maximum absolute atomic E-state index is 14.4. The van der Waals surface area contributed by atoms with Crippen LogP contribution in [0.1, 0.15) is 48.8 Å². The number of carbonyl (C=O) groups is 2. The standard InChI is InChI=1S/C33H38N2O5/c36-30(37)25-40-29-16-8-7-15-28(29)32(39)17-22-34(23-18-32)24-19-33(26-11-3-1-4-12-26,27-13-5-2-6-14-27)31(38)35-20-9-10-21-35/h1-8,11-16,39H,9-10,17-25H2,(H,36,37). The fourth-order valence-electron chi connectivity index (χ4n) is 6.30. The first-order valence-electron chi connectivity index (χ1n) is 14.2. The minimum Gasteiger partial charge on any atom is -0.482 e. The number of benzene rings is 3. The summed E-state index contributed by atoms with van der Waals surface area (Å²) in [4.78, 5) is 29.8. The van der Waals surface area contributed by atoms with Crippen molar-refractivity contribution in [3.8, 4) is 5.75 Å². The largest absolute Gasteiger partial charge is 0.482 e. The SMILES string of the molecule is O=C(O)COc1ccccc1C1(O)CCN(CCC(C(=O)N2CCCC2)(c2ccccc2)c2ccccc2)CC1. The van der Waals surface area contributed by atoms with Crippen molar-refractivity contribution in [1.29, 1.82) is 0 Å². The highest BCUT2D eigenvalue weighted by Gasteiger charge is 2.45. The van der Waals surface area contributed by atoms with E-state index in [1.54, 1.807) is 12.1 Å². The molecule has 3 aromatic carbocycles. The molecule has 5 rings (SSSR count). The predicted octanol–water partition coefficient (Wildman–Crippen LogP) is 4.43. The molecule has 1 amide bonds. The summed E-state index contributed by atoms with van der Waals surface area (Å²) in [5, 5.41) is 20.7. The fourth-order valence-corrected chi connectivity index (χ4v) is 6.30. The molecule has 7 nitrogen and oxygen atoms in total. The molecule has 0 unspecified atom stereocenters. The fraction of sp³-hybridized carbons (Fsp3) is 0.394. The number of aliphatic carboxylic acids is 1. The number of carboxylic acid groups (broad SMARTS) is 1. The molecule has 7 heteroatoms. The monoisotopic (exact) mass is 542 g/mol. The first kappa shape index (κ1) is 27.9. The summed E-state index contributed by atoms with van der Waals surface area (Å²) >= 11 is 0. The number of hydrogen-bond acceptors (Lipinski definition) is 5. The molecule has 0 spiro atoms. The second-order valence-corrected chi connectivity index (χ2v) is 10.9. The highest BCUT2D eigenvalue weighted by Crippen LogP contribution is 2.41. The van der Waals surface area contributed by atoms with Gasteiger partial charge in [-0.3, -0.25) is 4.79 Å². The Labute approximate surface area is 236 Å². The molecule has 0 saturated carbocycles. The number of ether oxygens (including phenoxy) is 1. The quantitative estimate of drug-likeness (QED) is 0.394. The number of hydrogen-bond donors (Lipinski definition) is 2. The van der Waals surface area contributed by atoms with Gasteiger partial charge in [-0.1, -0.05) is 78.9 Å². The normalized spacial score (nSPS) is 17.5. The molecule has 0 aromatic heterocycles. The molecule has 0 aliphatic carbocycles. The molecule has 2 heterocycles. The second kappa shape index (κ2) is 12.2. The first-order valence-corrected chi connectivity index (χ1v) is 14.2. The third-order valence-corrected chi connectivity index (χ3v) is 8.52. The van der Waals surface area contributed by atoms with E-state index >= 15 is 0 Å². The van der Waals surface area contributed by atoms with Crippen LogP contribution in [0.2, 0.25) is 0 Å². The van der Waals surface area contributed by atoms with Crippen LogP contribution in [0.4, 0.5) is 0 Å². The highest BCUT2D eigenvalue weighted by atomic mass is 16.5. The Morgan fingerprint density at radius 3 is 1.93 bits per heavy atom. The zero-order valence-electron chi connectivity index (χ0n) is 22.9. The third kappa shape index (κ3) is 5.76. The van der Waals surface area contributed by atoms with Gasteiger partial charge in [0.15, 0.2) is 6.61 Å². The second-order valence-electron chi connectivity index (χ2n) is 10.9. The molecule has 3 aromatic rings. The molecule has 0 atom stereocenters. The van der Waals surface area contributed by atoms with E-state index in [-0.39, 0.29) is 5.91 Å². The zero-order chi connectivity index (χ0) is 28.0. The molecule has 0 radical (unpaired) electrons. The van der Waals surface area contributed by atoms with Crippen LogP contribution in [0.3, 0.4) is 0 Å². The van der Waals surface area contributed by atoms with Crippen LogP contribution >= 0.6 is 0 Å². The maximum Gasteiger partial charge on any atom is 0.341 e. The van der Waals surface area contributed by atoms with Gasteiger partial charge in [0.05, 0.1) is 5.60 Å². The van der Waals surface area contributed by atoms with E-state index in [1.165, 1.54) is 0 Å². The Kier molecular flexibility index (Phi) is 8.52. The van der Waals surface area contributed by atoms with Gasteiger partial charge in [-0.15, -0.1) is 0 Å². The lowest BCUT2D eigenvalue weighted by molar-refractivity contribution is -0.139. The minimum atomic E-state index is -1.10. The Morgan fingerprint density at radius 1 is 0.800 bits per heavy atom. The van der Waals surface area contributed by atoms with Crippen molar-refractivity contribution in [3.63, 3.8) is 0 Å². The van der Waals surface area contributed by atoms with Gasteiger partial charge in [0.2, 0.25) is 5.91 Å². The summed E-state index contributed by atoms with van der Waals surface area (Å²) in [5.74, 6) is -0.481. The molecule has 0 bridgehead atoms. The van der Waals surface area contributed by atoms with Crippen molar-refractivity contribution in [2.24, 2.45) is 0 Å². The van der Waals surface area contributed by atoms with Gasteiger partial charge in [0, 0.05) is 31.7 Å². The average molecular weight is 543 g/mol. The van der Waals surface area contributed by atoms with Gasteiger partial charge in [0.1, 0.15) is 11.2 Å². The molecule has 40 heavy (non-hydrogen) atoms. The summed E-state index contributed by atoms with van der Waals surface area (Å²) in [6.45, 7) is 3.14. The Bertz CT molecular complexity index is 1240. The molecule has 2 fully saturated rings. The first-order chi connectivity index (χ1) is 19.4. The van der Waals surface area contributed by atoms with Crippen molar-refractivity contribution in [3.05, 3.63) is 102 Å². The third-order valence-electron chi connectivity index (χ3n) is 8.52. The summed E-state index contributed by atoms with van der Waals surface area (Å²) in [5.41, 5.74) is 0.750. The van der Waals surface area contributed by atoms with E-state index < -0.39 is 23.6 Å². The van der Waals surface area contributed by atoms with Gasteiger partial charge >= 0.3 is 5.97 Å². The Hall–Kier alpha value is -3.68. The summed E-state index contributed by atoms with van der Waals surface area (Å²) in [7, 11) is 0. The Morgan fingerprint density at radius 2 is 1.35 bits per heavy atom. The van der Waals surface area contributed by atoms with Crippen LogP contribution in [0.15, 0.2) is 84.9 Å². The van der Waals surface area contributed by atoms with Crippen molar-refractivity contribution >= 4 is 11.9 Å². The van der Waals surface area contributed by atoms with Gasteiger partial charge in [-0.25, -0.2) is 4.79 Å². The van der Waals surface area contributed by atoms with Crippen molar-refractivity contribution < 1.29 is 24.5 Å². The van der Waals surface area contributed by atoms with E-state index in [1.807, 2.05) is 53.4 Å². The van der Waals surface area contributed by atoms with Crippen molar-refractivity contribution in [2.75, 3.05) is 39.3 Å². The summed E-state index contributed by atoms with van der Waals surface area (Å²) in [6, 6.07) is 27.5. The predicted molar refractivity (Wildman–Crippen MR) is 153 cm³/mol. The van der Waals surface area contributed by atoms with Crippen LogP contribution in [0.5, 0.6) is 5.75 Å². The van der Waals surface area contributed by atoms with Gasteiger partial charge in [-0.05, 0) is 55.8 Å². The van der Waals surface area contributed by atoms with Gasteiger partial charge in [-0.2, -0.15) is 0 Å². The van der Waals surface area contributed by atoms with E-state index in [0.29, 0.717) is 50.2 Å². The lowest BCUT2D eigenvalue weighted by atomic mass is 9.70. The van der Waals surface area contributed by atoms with E-state index in [9.17, 15) is 14.7 Å².